The molecule has 0 aliphatic heterocycles. The lowest BCUT2D eigenvalue weighted by Gasteiger charge is -2.13. The predicted octanol–water partition coefficient (Wildman–Crippen LogP) is 3.25. The summed E-state index contributed by atoms with van der Waals surface area (Å²) in [6, 6.07) is 13.6. The molecule has 150 valence electrons. The fraction of sp³-hybridized carbons (Fsp3) is 0.227. The van der Waals surface area contributed by atoms with E-state index in [9.17, 15) is 8.42 Å². The van der Waals surface area contributed by atoms with Crippen LogP contribution >= 0.6 is 0 Å². The second-order valence-electron chi connectivity index (χ2n) is 7.08. The molecule has 4 rings (SSSR count). The number of methoxy groups -OCH3 is 1. The Morgan fingerprint density at radius 2 is 2.03 bits per heavy atom. The van der Waals surface area contributed by atoms with Crippen molar-refractivity contribution in [2.75, 3.05) is 12.9 Å². The Balaban J connectivity index is 1.46. The second-order valence-corrected chi connectivity index (χ2v) is 8.92. The minimum Gasteiger partial charge on any atom is -0.495 e. The summed E-state index contributed by atoms with van der Waals surface area (Å²) in [5.41, 5.74) is 5.44. The summed E-state index contributed by atoms with van der Waals surface area (Å²) in [6.45, 7) is 1.92. The molecule has 2 aromatic carbocycles. The molecule has 0 amide bonds. The zero-order valence-electron chi connectivity index (χ0n) is 16.4. The van der Waals surface area contributed by atoms with E-state index in [0.29, 0.717) is 17.9 Å². The van der Waals surface area contributed by atoms with Crippen molar-refractivity contribution in [2.45, 2.75) is 19.8 Å². The number of fused-ring (bicyclic) bond motifs is 1. The summed E-state index contributed by atoms with van der Waals surface area (Å²) in [6.07, 6.45) is 6.71. The first-order valence-electron chi connectivity index (χ1n) is 9.42. The van der Waals surface area contributed by atoms with Crippen molar-refractivity contribution >= 4 is 15.7 Å². The topological polar surface area (TPSA) is 73.2 Å². The lowest BCUT2D eigenvalue weighted by atomic mass is 10.1. The van der Waals surface area contributed by atoms with Gasteiger partial charge in [-0.15, -0.1) is 0 Å². The largest absolute Gasteiger partial charge is 0.495 e. The molecule has 1 aliphatic rings. The van der Waals surface area contributed by atoms with Crippen LogP contribution in [0.3, 0.4) is 0 Å². The summed E-state index contributed by atoms with van der Waals surface area (Å²) in [7, 11) is -1.85. The third-order valence-electron chi connectivity index (χ3n) is 4.99. The number of hydrogen-bond donors (Lipinski definition) is 1. The third-order valence-corrected chi connectivity index (χ3v) is 6.27. The molecule has 0 bridgehead atoms. The third kappa shape index (κ3) is 4.19. The Morgan fingerprint density at radius 1 is 1.21 bits per heavy atom. The van der Waals surface area contributed by atoms with Gasteiger partial charge < -0.3 is 9.30 Å². The molecule has 29 heavy (non-hydrogen) atoms. The number of sulfonamides is 1. The zero-order chi connectivity index (χ0) is 20.4. The van der Waals surface area contributed by atoms with Crippen LogP contribution in [0, 0.1) is 6.92 Å². The highest BCUT2D eigenvalue weighted by Crippen LogP contribution is 2.27. The molecule has 0 spiro atoms. The number of nitrogens with zero attached hydrogens (tertiary/aromatic N) is 2. The van der Waals surface area contributed by atoms with Gasteiger partial charge in [-0.2, -0.15) is 0 Å². The molecule has 6 nitrogen and oxygen atoms in total. The molecule has 0 atom stereocenters. The maximum Gasteiger partial charge on any atom is 0.233 e. The number of benzene rings is 2. The Bertz CT molecular complexity index is 1180. The fourth-order valence-electron chi connectivity index (χ4n) is 3.49. The summed E-state index contributed by atoms with van der Waals surface area (Å²) in [5, 5.41) is 0. The van der Waals surface area contributed by atoms with Gasteiger partial charge in [0.05, 0.1) is 36.3 Å². The van der Waals surface area contributed by atoms with Gasteiger partial charge in [0.2, 0.25) is 10.0 Å². The first kappa shape index (κ1) is 19.3. The molecular formula is C22H23N3O3S. The van der Waals surface area contributed by atoms with Gasteiger partial charge in [-0.3, -0.25) is 4.72 Å². The van der Waals surface area contributed by atoms with E-state index in [1.54, 1.807) is 13.4 Å². The monoisotopic (exact) mass is 409 g/mol. The average molecular weight is 410 g/mol. The van der Waals surface area contributed by atoms with Gasteiger partial charge in [0.1, 0.15) is 5.75 Å². The van der Waals surface area contributed by atoms with Crippen LogP contribution in [0.25, 0.3) is 11.4 Å². The van der Waals surface area contributed by atoms with Crippen molar-refractivity contribution in [3.05, 3.63) is 83.4 Å². The lowest BCUT2D eigenvalue weighted by molar-refractivity contribution is 0.412. The van der Waals surface area contributed by atoms with Crippen molar-refractivity contribution < 1.29 is 13.2 Å². The number of aromatic nitrogens is 2. The first-order chi connectivity index (χ1) is 13.9. The second kappa shape index (κ2) is 7.75. The summed E-state index contributed by atoms with van der Waals surface area (Å²) >= 11 is 0. The molecule has 0 saturated heterocycles. The minimum atomic E-state index is -3.46. The highest BCUT2D eigenvalue weighted by atomic mass is 32.2. The molecule has 1 N–H and O–H groups in total. The summed E-state index contributed by atoms with van der Waals surface area (Å²) in [4.78, 5) is 4.24. The number of allylic oxidation sites excluding steroid dienone is 1. The van der Waals surface area contributed by atoms with Crippen LogP contribution in [-0.2, 0) is 22.9 Å². The van der Waals surface area contributed by atoms with Crippen LogP contribution in [0.15, 0.2) is 61.1 Å². The van der Waals surface area contributed by atoms with Gasteiger partial charge in [0.25, 0.3) is 0 Å². The maximum absolute atomic E-state index is 12.6. The molecule has 7 heteroatoms. The van der Waals surface area contributed by atoms with Gasteiger partial charge in [-0.05, 0) is 43.0 Å². The van der Waals surface area contributed by atoms with Crippen LogP contribution in [0.1, 0.15) is 22.4 Å². The van der Waals surface area contributed by atoms with Crippen molar-refractivity contribution in [3.63, 3.8) is 0 Å². The lowest BCUT2D eigenvalue weighted by Crippen LogP contribution is -2.25. The van der Waals surface area contributed by atoms with Gasteiger partial charge in [0.15, 0.2) is 0 Å². The van der Waals surface area contributed by atoms with Gasteiger partial charge in [-0.1, -0.05) is 36.4 Å². The quantitative estimate of drug-likeness (QED) is 0.650. The number of ether oxygens (including phenoxy) is 1. The van der Waals surface area contributed by atoms with E-state index in [2.05, 4.69) is 9.71 Å². The average Bonchev–Trinajstić information content (AvgIpc) is 3.32. The van der Waals surface area contributed by atoms with Crippen molar-refractivity contribution in [2.24, 2.45) is 0 Å². The Hall–Kier alpha value is -3.06. The Kier molecular flexibility index (Phi) is 5.15. The normalized spacial score (nSPS) is 13.1. The highest BCUT2D eigenvalue weighted by Gasteiger charge is 2.19. The number of hydrogen-bond acceptors (Lipinski definition) is 4. The molecule has 1 aromatic heterocycles. The molecule has 1 heterocycles. The molecule has 0 fully saturated rings. The smallest absolute Gasteiger partial charge is 0.233 e. The Morgan fingerprint density at radius 3 is 2.79 bits per heavy atom. The first-order valence-corrected chi connectivity index (χ1v) is 11.1. The number of nitrogens with one attached hydrogen (secondary N) is 1. The zero-order valence-corrected chi connectivity index (χ0v) is 17.2. The van der Waals surface area contributed by atoms with Crippen LogP contribution < -0.4 is 9.46 Å². The molecule has 0 unspecified atom stereocenters. The van der Waals surface area contributed by atoms with E-state index in [-0.39, 0.29) is 5.75 Å². The molecule has 0 saturated carbocycles. The fourth-order valence-corrected chi connectivity index (χ4v) is 4.63. The molecule has 3 aromatic rings. The SMILES string of the molecule is COc1cc(CCS(=O)(=O)NC2=CCc3ccccc32)ccc1-n1cnc(C)c1. The van der Waals surface area contributed by atoms with Crippen LogP contribution in [0.5, 0.6) is 5.75 Å². The molecular weight excluding hydrogens is 386 g/mol. The van der Waals surface area contributed by atoms with Gasteiger partial charge in [0, 0.05) is 11.8 Å². The van der Waals surface area contributed by atoms with E-state index in [4.69, 9.17) is 4.74 Å². The van der Waals surface area contributed by atoms with Crippen LogP contribution in [0.4, 0.5) is 0 Å². The predicted molar refractivity (Wildman–Crippen MR) is 114 cm³/mol. The van der Waals surface area contributed by atoms with Crippen molar-refractivity contribution in [3.8, 4) is 11.4 Å². The van der Waals surface area contributed by atoms with Crippen LogP contribution in [0.2, 0.25) is 0 Å². The van der Waals surface area contributed by atoms with Gasteiger partial charge in [-0.25, -0.2) is 13.4 Å². The summed E-state index contributed by atoms with van der Waals surface area (Å²) < 4.78 is 35.4. The van der Waals surface area contributed by atoms with Gasteiger partial charge >= 0.3 is 0 Å². The van der Waals surface area contributed by atoms with E-state index in [1.807, 2.05) is 66.2 Å². The van der Waals surface area contributed by atoms with E-state index >= 15 is 0 Å². The minimum absolute atomic E-state index is 0.000802. The standard InChI is InChI=1S/C22H23N3O3S/c1-16-14-25(15-23-16)21-10-7-17(13-22(21)28-2)11-12-29(26,27)24-20-9-8-18-5-3-4-6-19(18)20/h3-7,9-10,13-15,24H,8,11-12H2,1-2H3. The highest BCUT2D eigenvalue weighted by molar-refractivity contribution is 7.89. The summed E-state index contributed by atoms with van der Waals surface area (Å²) in [5.74, 6) is 0.678. The molecule has 1 aliphatic carbocycles. The van der Waals surface area contributed by atoms with Crippen molar-refractivity contribution in [1.29, 1.82) is 0 Å². The van der Waals surface area contributed by atoms with Crippen molar-refractivity contribution in [1.82, 2.24) is 14.3 Å². The number of aryl methyl sites for hydroxylation is 2. The van der Waals surface area contributed by atoms with E-state index in [1.165, 1.54) is 0 Å². The van der Waals surface area contributed by atoms with E-state index in [0.717, 1.165) is 34.5 Å². The van der Waals surface area contributed by atoms with E-state index < -0.39 is 10.0 Å². The Labute approximate surface area is 170 Å². The maximum atomic E-state index is 12.6. The molecule has 0 radical (unpaired) electrons. The number of imidazole rings is 1. The van der Waals surface area contributed by atoms with Crippen LogP contribution in [-0.4, -0.2) is 30.8 Å². The number of rotatable bonds is 7.